The molecule has 0 aliphatic carbocycles. The molecule has 0 aromatic carbocycles. The predicted molar refractivity (Wildman–Crippen MR) is 55.9 cm³/mol. The van der Waals surface area contributed by atoms with E-state index >= 15 is 0 Å². The van der Waals surface area contributed by atoms with Gasteiger partial charge in [0.1, 0.15) is 0 Å². The zero-order valence-corrected chi connectivity index (χ0v) is 8.77. The minimum atomic E-state index is 0.0537. The summed E-state index contributed by atoms with van der Waals surface area (Å²) in [6.45, 7) is 2.27. The largest absolute Gasteiger partial charge is 0.237 e. The Bertz CT molecular complexity index is 141. The number of hydrogen-bond donors (Lipinski definition) is 0. The first-order valence-corrected chi connectivity index (χ1v) is 5.45. The second kappa shape index (κ2) is 11.5. The Morgan fingerprint density at radius 1 is 0.846 bits per heavy atom. The highest BCUT2D eigenvalue weighted by molar-refractivity contribution is 4.98. The fourth-order valence-corrected chi connectivity index (χ4v) is 1.13. The summed E-state index contributed by atoms with van der Waals surface area (Å²) in [6, 6.07) is 0. The van der Waals surface area contributed by atoms with Gasteiger partial charge in [-0.25, -0.2) is 5.11 Å². The van der Waals surface area contributed by atoms with Crippen LogP contribution in [0.3, 0.4) is 0 Å². The van der Waals surface area contributed by atoms with E-state index in [1.54, 1.807) is 0 Å². The Morgan fingerprint density at radius 2 is 1.46 bits per heavy atom. The Morgan fingerprint density at radius 3 is 2.00 bits per heavy atom. The van der Waals surface area contributed by atoms with Crippen molar-refractivity contribution in [1.29, 1.82) is 0 Å². The standard InChI is InChI=1S/C12H21O/c1-2-3-4-5-6-7-8-9-10-11-12-13/h2-6,9-12H2,1H3. The van der Waals surface area contributed by atoms with E-state index in [0.29, 0.717) is 0 Å². The van der Waals surface area contributed by atoms with Crippen LogP contribution in [0.25, 0.3) is 0 Å². The second-order valence-corrected chi connectivity index (χ2v) is 3.33. The maximum Gasteiger partial charge on any atom is 0.0822 e. The molecule has 1 radical (unpaired) electrons. The molecular formula is C12H21O. The van der Waals surface area contributed by atoms with Crippen molar-refractivity contribution in [2.24, 2.45) is 0 Å². The molecule has 0 saturated carbocycles. The SMILES string of the molecule is CCCCCCC#CCCCC[O]. The van der Waals surface area contributed by atoms with Crippen molar-refractivity contribution in [3.8, 4) is 11.8 Å². The number of rotatable bonds is 7. The highest BCUT2D eigenvalue weighted by Crippen LogP contribution is 2.01. The lowest BCUT2D eigenvalue weighted by Crippen LogP contribution is -1.79. The third-order valence-electron chi connectivity index (χ3n) is 1.98. The fourth-order valence-electron chi connectivity index (χ4n) is 1.13. The van der Waals surface area contributed by atoms with E-state index in [1.807, 2.05) is 0 Å². The first-order chi connectivity index (χ1) is 6.41. The van der Waals surface area contributed by atoms with Crippen LogP contribution in [0.15, 0.2) is 0 Å². The van der Waals surface area contributed by atoms with Crippen molar-refractivity contribution in [3.05, 3.63) is 0 Å². The molecule has 0 spiro atoms. The Kier molecular flexibility index (Phi) is 11.1. The third-order valence-corrected chi connectivity index (χ3v) is 1.98. The normalized spacial score (nSPS) is 9.38. The van der Waals surface area contributed by atoms with Crippen LogP contribution in [-0.2, 0) is 5.11 Å². The smallest absolute Gasteiger partial charge is 0.0822 e. The summed E-state index contributed by atoms with van der Waals surface area (Å²) in [6.07, 6.45) is 8.88. The van der Waals surface area contributed by atoms with Gasteiger partial charge >= 0.3 is 0 Å². The van der Waals surface area contributed by atoms with Gasteiger partial charge in [0.05, 0.1) is 6.61 Å². The summed E-state index contributed by atoms with van der Waals surface area (Å²) in [7, 11) is 0. The van der Waals surface area contributed by atoms with E-state index in [4.69, 9.17) is 0 Å². The Labute approximate surface area is 82.5 Å². The summed E-state index contributed by atoms with van der Waals surface area (Å²) in [5.74, 6) is 6.26. The molecule has 0 rings (SSSR count). The van der Waals surface area contributed by atoms with Gasteiger partial charge in [-0.1, -0.05) is 26.2 Å². The van der Waals surface area contributed by atoms with Gasteiger partial charge in [0.25, 0.3) is 0 Å². The molecule has 0 fully saturated rings. The van der Waals surface area contributed by atoms with Crippen LogP contribution in [0.2, 0.25) is 0 Å². The number of hydrogen-bond acceptors (Lipinski definition) is 0. The third kappa shape index (κ3) is 11.5. The van der Waals surface area contributed by atoms with Crippen LogP contribution < -0.4 is 0 Å². The maximum atomic E-state index is 10.1. The zero-order valence-electron chi connectivity index (χ0n) is 8.77. The topological polar surface area (TPSA) is 19.9 Å². The van der Waals surface area contributed by atoms with Crippen molar-refractivity contribution in [2.75, 3.05) is 6.61 Å². The van der Waals surface area contributed by atoms with Gasteiger partial charge in [-0.2, -0.15) is 0 Å². The van der Waals surface area contributed by atoms with Crippen LogP contribution >= 0.6 is 0 Å². The highest BCUT2D eigenvalue weighted by atomic mass is 16.2. The summed E-state index contributed by atoms with van der Waals surface area (Å²) < 4.78 is 0. The molecule has 1 nitrogen and oxygen atoms in total. The summed E-state index contributed by atoms with van der Waals surface area (Å²) in [5, 5.41) is 10.1. The van der Waals surface area contributed by atoms with Gasteiger partial charge < -0.3 is 0 Å². The van der Waals surface area contributed by atoms with Gasteiger partial charge in [-0.05, 0) is 19.3 Å². The van der Waals surface area contributed by atoms with Crippen molar-refractivity contribution in [2.45, 2.75) is 58.3 Å². The first kappa shape index (κ1) is 12.5. The van der Waals surface area contributed by atoms with Gasteiger partial charge in [-0.3, -0.25) is 0 Å². The molecular weight excluding hydrogens is 160 g/mol. The molecule has 0 saturated heterocycles. The van der Waals surface area contributed by atoms with Gasteiger partial charge in [0.2, 0.25) is 0 Å². The van der Waals surface area contributed by atoms with E-state index in [0.717, 1.165) is 25.7 Å². The maximum absolute atomic E-state index is 10.1. The lowest BCUT2D eigenvalue weighted by molar-refractivity contribution is 0.187. The molecule has 0 aliphatic rings. The summed E-state index contributed by atoms with van der Waals surface area (Å²) >= 11 is 0. The van der Waals surface area contributed by atoms with E-state index < -0.39 is 0 Å². The molecule has 0 amide bonds. The van der Waals surface area contributed by atoms with E-state index in [-0.39, 0.29) is 6.61 Å². The summed E-state index contributed by atoms with van der Waals surface area (Å²) in [5.41, 5.74) is 0. The molecule has 0 aromatic heterocycles. The predicted octanol–water partition coefficient (Wildman–Crippen LogP) is 3.56. The monoisotopic (exact) mass is 181 g/mol. The zero-order chi connectivity index (χ0) is 9.78. The van der Waals surface area contributed by atoms with Crippen LogP contribution in [-0.4, -0.2) is 6.61 Å². The molecule has 0 heterocycles. The molecule has 75 valence electrons. The second-order valence-electron chi connectivity index (χ2n) is 3.33. The van der Waals surface area contributed by atoms with Crippen molar-refractivity contribution >= 4 is 0 Å². The quantitative estimate of drug-likeness (QED) is 0.423. The van der Waals surface area contributed by atoms with E-state index in [1.165, 1.54) is 25.7 Å². The fraction of sp³-hybridized carbons (Fsp3) is 0.833. The lowest BCUT2D eigenvalue weighted by Gasteiger charge is -1.92. The molecule has 0 N–H and O–H groups in total. The van der Waals surface area contributed by atoms with E-state index in [9.17, 15) is 5.11 Å². The van der Waals surface area contributed by atoms with Crippen LogP contribution in [0.5, 0.6) is 0 Å². The molecule has 0 aromatic rings. The average Bonchev–Trinajstić information content (AvgIpc) is 2.16. The highest BCUT2D eigenvalue weighted by Gasteiger charge is 1.84. The van der Waals surface area contributed by atoms with Gasteiger partial charge in [0.15, 0.2) is 0 Å². The minimum absolute atomic E-state index is 0.0537. The Hall–Kier alpha value is -0.480. The molecule has 0 atom stereocenters. The van der Waals surface area contributed by atoms with E-state index in [2.05, 4.69) is 18.8 Å². The van der Waals surface area contributed by atoms with Crippen molar-refractivity contribution in [3.63, 3.8) is 0 Å². The van der Waals surface area contributed by atoms with Gasteiger partial charge in [-0.15, -0.1) is 11.8 Å². The summed E-state index contributed by atoms with van der Waals surface area (Å²) in [4.78, 5) is 0. The lowest BCUT2D eigenvalue weighted by atomic mass is 10.1. The molecule has 0 bridgehead atoms. The average molecular weight is 181 g/mol. The van der Waals surface area contributed by atoms with Crippen LogP contribution in [0.1, 0.15) is 58.3 Å². The molecule has 0 unspecified atom stereocenters. The van der Waals surface area contributed by atoms with Gasteiger partial charge in [0, 0.05) is 12.8 Å². The minimum Gasteiger partial charge on any atom is -0.237 e. The van der Waals surface area contributed by atoms with Crippen LogP contribution in [0.4, 0.5) is 0 Å². The van der Waals surface area contributed by atoms with Crippen molar-refractivity contribution < 1.29 is 5.11 Å². The van der Waals surface area contributed by atoms with Crippen LogP contribution in [0, 0.1) is 11.8 Å². The molecule has 0 aliphatic heterocycles. The Balaban J connectivity index is 3.02. The molecule has 1 heteroatoms. The number of unbranched alkanes of at least 4 members (excludes halogenated alkanes) is 6. The first-order valence-electron chi connectivity index (χ1n) is 5.45. The van der Waals surface area contributed by atoms with Crippen molar-refractivity contribution in [1.82, 2.24) is 0 Å². The molecule has 13 heavy (non-hydrogen) atoms.